The molecule has 1 atom stereocenters. The fourth-order valence-corrected chi connectivity index (χ4v) is 3.19. The van der Waals surface area contributed by atoms with E-state index in [1.165, 1.54) is 12.1 Å². The van der Waals surface area contributed by atoms with Gasteiger partial charge in [0.05, 0.1) is 12.2 Å². The molecule has 4 rings (SSSR count). The molecule has 0 unspecified atom stereocenters. The zero-order chi connectivity index (χ0) is 20.5. The van der Waals surface area contributed by atoms with Gasteiger partial charge in [0.1, 0.15) is 11.9 Å². The number of aliphatic hydroxyl groups is 1. The first kappa shape index (κ1) is 19.4. The summed E-state index contributed by atoms with van der Waals surface area (Å²) >= 11 is 11.8. The lowest BCUT2D eigenvalue weighted by molar-refractivity contribution is 0.0897. The van der Waals surface area contributed by atoms with E-state index in [0.717, 1.165) is 17.0 Å². The van der Waals surface area contributed by atoms with E-state index >= 15 is 0 Å². The van der Waals surface area contributed by atoms with Crippen LogP contribution in [0.2, 0.25) is 10.0 Å². The molecule has 0 bridgehead atoms. The number of halogens is 3. The van der Waals surface area contributed by atoms with Crippen LogP contribution in [0.15, 0.2) is 47.1 Å². The molecule has 0 fully saturated rings. The van der Waals surface area contributed by atoms with Crippen molar-refractivity contribution in [2.45, 2.75) is 6.04 Å². The van der Waals surface area contributed by atoms with Gasteiger partial charge in [-0.25, -0.2) is 4.39 Å². The largest absolute Gasteiger partial charge is 0.394 e. The summed E-state index contributed by atoms with van der Waals surface area (Å²) in [4.78, 5) is 19.7. The van der Waals surface area contributed by atoms with Crippen molar-refractivity contribution in [3.63, 3.8) is 0 Å². The number of fused-ring (bicyclic) bond motifs is 1. The maximum Gasteiger partial charge on any atom is 0.254 e. The number of hydrogen-bond donors (Lipinski definition) is 3. The Morgan fingerprint density at radius 3 is 2.76 bits per heavy atom. The first-order valence-electron chi connectivity index (χ1n) is 8.43. The number of aromatic amines is 1. The molecule has 2 aromatic heterocycles. The molecule has 4 aromatic rings. The van der Waals surface area contributed by atoms with E-state index in [9.17, 15) is 14.3 Å². The molecule has 2 aromatic carbocycles. The first-order valence-corrected chi connectivity index (χ1v) is 9.19. The third-order valence-corrected chi connectivity index (χ3v) is 4.76. The van der Waals surface area contributed by atoms with Crippen molar-refractivity contribution in [3.8, 4) is 11.4 Å². The average Bonchev–Trinajstić information content (AvgIpc) is 3.32. The van der Waals surface area contributed by atoms with E-state index in [-0.39, 0.29) is 22.3 Å². The average molecular weight is 435 g/mol. The Hall–Kier alpha value is -2.94. The molecule has 0 spiro atoms. The van der Waals surface area contributed by atoms with Gasteiger partial charge in [-0.05, 0) is 36.4 Å². The summed E-state index contributed by atoms with van der Waals surface area (Å²) in [6.45, 7) is -0.526. The van der Waals surface area contributed by atoms with Gasteiger partial charge in [-0.3, -0.25) is 4.79 Å². The van der Waals surface area contributed by atoms with Gasteiger partial charge in [0.15, 0.2) is 0 Å². The van der Waals surface area contributed by atoms with Crippen LogP contribution in [0, 0.1) is 5.82 Å². The maximum absolute atomic E-state index is 14.0. The lowest BCUT2D eigenvalue weighted by atomic mass is 10.1. The number of rotatable bonds is 5. The number of H-pyrrole nitrogens is 1. The zero-order valence-electron chi connectivity index (χ0n) is 14.6. The summed E-state index contributed by atoms with van der Waals surface area (Å²) < 4.78 is 19.2. The molecular formula is C19H13Cl2FN4O3. The summed E-state index contributed by atoms with van der Waals surface area (Å²) in [5.41, 5.74) is 1.25. The molecule has 0 saturated carbocycles. The van der Waals surface area contributed by atoms with E-state index in [2.05, 4.69) is 20.4 Å². The van der Waals surface area contributed by atoms with Gasteiger partial charge in [0.25, 0.3) is 11.8 Å². The third-order valence-electron chi connectivity index (χ3n) is 4.29. The molecule has 0 aliphatic carbocycles. The minimum absolute atomic E-state index is 0.0263. The van der Waals surface area contributed by atoms with Crippen molar-refractivity contribution in [1.82, 2.24) is 20.4 Å². The fraction of sp³-hybridized carbons (Fsp3) is 0.105. The number of carbonyl (C=O) groups excluding carboxylic acids is 1. The smallest absolute Gasteiger partial charge is 0.254 e. The summed E-state index contributed by atoms with van der Waals surface area (Å²) in [7, 11) is 0. The summed E-state index contributed by atoms with van der Waals surface area (Å²) in [6.07, 6.45) is 1.70. The van der Waals surface area contributed by atoms with E-state index in [4.69, 9.17) is 27.7 Å². The van der Waals surface area contributed by atoms with Crippen molar-refractivity contribution in [3.05, 3.63) is 69.9 Å². The van der Waals surface area contributed by atoms with Crippen molar-refractivity contribution in [2.24, 2.45) is 0 Å². The van der Waals surface area contributed by atoms with Crippen LogP contribution in [-0.4, -0.2) is 32.7 Å². The summed E-state index contributed by atoms with van der Waals surface area (Å²) in [5, 5.41) is 17.5. The summed E-state index contributed by atoms with van der Waals surface area (Å²) in [6, 6.07) is 7.97. The fourth-order valence-electron chi connectivity index (χ4n) is 2.86. The number of hydrogen-bond acceptors (Lipinski definition) is 5. The van der Waals surface area contributed by atoms with Gasteiger partial charge in [0.2, 0.25) is 5.82 Å². The number of amides is 1. The second-order valence-electron chi connectivity index (χ2n) is 6.18. The second kappa shape index (κ2) is 7.82. The van der Waals surface area contributed by atoms with Gasteiger partial charge in [-0.15, -0.1) is 0 Å². The number of nitrogens with one attached hydrogen (secondary N) is 2. The number of nitrogens with zero attached hydrogens (tertiary/aromatic N) is 2. The van der Waals surface area contributed by atoms with Crippen LogP contribution >= 0.6 is 23.2 Å². The van der Waals surface area contributed by atoms with Crippen LogP contribution in [0.3, 0.4) is 0 Å². The SMILES string of the molecule is O=C(N[C@@H](CO)c1nc(-c2c[nH]c3ccc(Cl)cc23)no1)c1ccc(Cl)cc1F. The van der Waals surface area contributed by atoms with Gasteiger partial charge in [-0.1, -0.05) is 28.4 Å². The highest BCUT2D eigenvalue weighted by Crippen LogP contribution is 2.29. The minimum atomic E-state index is -1.02. The predicted octanol–water partition coefficient (Wildman–Crippen LogP) is 4.13. The van der Waals surface area contributed by atoms with Crippen molar-refractivity contribution in [1.29, 1.82) is 0 Å². The van der Waals surface area contributed by atoms with Crippen molar-refractivity contribution < 1.29 is 18.8 Å². The molecule has 0 aliphatic rings. The lowest BCUT2D eigenvalue weighted by Gasteiger charge is -2.12. The van der Waals surface area contributed by atoms with E-state index in [1.807, 2.05) is 6.07 Å². The molecule has 148 valence electrons. The molecule has 2 heterocycles. The molecule has 0 radical (unpaired) electrons. The molecule has 29 heavy (non-hydrogen) atoms. The molecule has 1 amide bonds. The number of aliphatic hydroxyl groups excluding tert-OH is 1. The predicted molar refractivity (Wildman–Crippen MR) is 105 cm³/mol. The Balaban J connectivity index is 1.60. The Labute approximate surface area is 173 Å². The number of carbonyl (C=O) groups is 1. The van der Waals surface area contributed by atoms with Crippen LogP contribution in [-0.2, 0) is 0 Å². The van der Waals surface area contributed by atoms with Crippen LogP contribution < -0.4 is 5.32 Å². The Morgan fingerprint density at radius 2 is 2.00 bits per heavy atom. The van der Waals surface area contributed by atoms with E-state index in [1.54, 1.807) is 18.3 Å². The monoisotopic (exact) mass is 434 g/mol. The van der Waals surface area contributed by atoms with Gasteiger partial charge in [-0.2, -0.15) is 4.98 Å². The Morgan fingerprint density at radius 1 is 1.24 bits per heavy atom. The lowest BCUT2D eigenvalue weighted by Crippen LogP contribution is -2.31. The number of aromatic nitrogens is 3. The third kappa shape index (κ3) is 3.82. The van der Waals surface area contributed by atoms with Crippen LogP contribution in [0.25, 0.3) is 22.3 Å². The highest BCUT2D eigenvalue weighted by molar-refractivity contribution is 6.31. The second-order valence-corrected chi connectivity index (χ2v) is 7.05. The molecule has 10 heteroatoms. The molecule has 3 N–H and O–H groups in total. The molecular weight excluding hydrogens is 422 g/mol. The van der Waals surface area contributed by atoms with Crippen LogP contribution in [0.1, 0.15) is 22.3 Å². The first-order chi connectivity index (χ1) is 14.0. The highest BCUT2D eigenvalue weighted by Gasteiger charge is 2.24. The topological polar surface area (TPSA) is 104 Å². The Bertz CT molecular complexity index is 1210. The van der Waals surface area contributed by atoms with E-state index in [0.29, 0.717) is 10.6 Å². The molecule has 7 nitrogen and oxygen atoms in total. The minimum Gasteiger partial charge on any atom is -0.394 e. The zero-order valence-corrected chi connectivity index (χ0v) is 16.1. The van der Waals surface area contributed by atoms with Crippen molar-refractivity contribution in [2.75, 3.05) is 6.61 Å². The molecule has 0 saturated heterocycles. The van der Waals surface area contributed by atoms with Crippen LogP contribution in [0.5, 0.6) is 0 Å². The highest BCUT2D eigenvalue weighted by atomic mass is 35.5. The van der Waals surface area contributed by atoms with Gasteiger partial charge in [0, 0.05) is 32.7 Å². The number of benzene rings is 2. The Kier molecular flexibility index (Phi) is 5.23. The normalized spacial score (nSPS) is 12.3. The standard InChI is InChI=1S/C19H13Cl2FN4O3/c20-9-2-4-15-12(5-9)13(7-23-15)17-25-19(29-26-17)16(8-27)24-18(28)11-3-1-10(21)6-14(11)22/h1-7,16,23,27H,8H2,(H,24,28)/t16-/m0/s1. The van der Waals surface area contributed by atoms with Gasteiger partial charge < -0.3 is 19.9 Å². The van der Waals surface area contributed by atoms with Crippen molar-refractivity contribution >= 4 is 40.0 Å². The maximum atomic E-state index is 14.0. The van der Waals surface area contributed by atoms with Crippen LogP contribution in [0.4, 0.5) is 4.39 Å². The van der Waals surface area contributed by atoms with Gasteiger partial charge >= 0.3 is 0 Å². The van der Waals surface area contributed by atoms with E-state index < -0.39 is 24.4 Å². The summed E-state index contributed by atoms with van der Waals surface area (Å²) in [5.74, 6) is -1.31. The molecule has 0 aliphatic heterocycles. The quantitative estimate of drug-likeness (QED) is 0.438.